The fourth-order valence-electron chi connectivity index (χ4n) is 1.25. The van der Waals surface area contributed by atoms with E-state index in [1.807, 2.05) is 0 Å². The molecule has 2 atom stereocenters. The molecule has 1 heterocycles. The van der Waals surface area contributed by atoms with Crippen LogP contribution in [0, 0.1) is 5.92 Å². The fourth-order valence-corrected chi connectivity index (χ4v) is 1.25. The van der Waals surface area contributed by atoms with Crippen molar-refractivity contribution in [3.63, 3.8) is 0 Å². The maximum absolute atomic E-state index is 10.5. The lowest BCUT2D eigenvalue weighted by molar-refractivity contribution is -0.139. The molecule has 0 amide bonds. The van der Waals surface area contributed by atoms with E-state index < -0.39 is 12.0 Å². The Morgan fingerprint density at radius 2 is 2.50 bits per heavy atom. The lowest BCUT2D eigenvalue weighted by atomic mass is 10.0. The van der Waals surface area contributed by atoms with Crippen molar-refractivity contribution < 1.29 is 9.90 Å². The predicted molar refractivity (Wildman–Crippen MR) is 37.7 cm³/mol. The number of carboxylic acid groups (broad SMARTS) is 1. The van der Waals surface area contributed by atoms with E-state index in [9.17, 15) is 4.79 Å². The van der Waals surface area contributed by atoms with Crippen LogP contribution < -0.4 is 5.32 Å². The summed E-state index contributed by atoms with van der Waals surface area (Å²) in [4.78, 5) is 10.5. The first-order valence-corrected chi connectivity index (χ1v) is 3.34. The summed E-state index contributed by atoms with van der Waals surface area (Å²) in [5, 5.41) is 11.5. The maximum atomic E-state index is 10.5. The summed E-state index contributed by atoms with van der Waals surface area (Å²) in [5.41, 5.74) is 0. The summed E-state index contributed by atoms with van der Waals surface area (Å²) in [6.45, 7) is 4.36. The molecule has 1 saturated heterocycles. The second-order valence-corrected chi connectivity index (χ2v) is 2.46. The molecule has 3 heteroatoms. The molecule has 1 fully saturated rings. The van der Waals surface area contributed by atoms with Crippen molar-refractivity contribution >= 4 is 5.97 Å². The molecule has 10 heavy (non-hydrogen) atoms. The smallest absolute Gasteiger partial charge is 0.321 e. The fraction of sp³-hybridized carbons (Fsp3) is 0.571. The molecule has 0 saturated carbocycles. The summed E-state index contributed by atoms with van der Waals surface area (Å²) < 4.78 is 0. The standard InChI is InChI=1S/C7H11NO2/c1-2-5-3-4-8-6(5)7(9)10/h2,5-6,8H,1,3-4H2,(H,9,10)/t5?,6-/m0/s1. The number of carboxylic acids is 1. The minimum atomic E-state index is -0.776. The topological polar surface area (TPSA) is 49.3 Å². The van der Waals surface area contributed by atoms with Crippen LogP contribution in [0.15, 0.2) is 12.7 Å². The lowest BCUT2D eigenvalue weighted by Gasteiger charge is -2.09. The zero-order chi connectivity index (χ0) is 7.56. The molecule has 56 valence electrons. The van der Waals surface area contributed by atoms with Gasteiger partial charge in [0.25, 0.3) is 0 Å². The molecule has 1 unspecified atom stereocenters. The molecule has 0 aliphatic carbocycles. The van der Waals surface area contributed by atoms with E-state index in [0.717, 1.165) is 13.0 Å². The second-order valence-electron chi connectivity index (χ2n) is 2.46. The van der Waals surface area contributed by atoms with E-state index in [1.54, 1.807) is 6.08 Å². The lowest BCUT2D eigenvalue weighted by Crippen LogP contribution is -2.34. The van der Waals surface area contributed by atoms with Gasteiger partial charge in [-0.25, -0.2) is 0 Å². The van der Waals surface area contributed by atoms with E-state index in [-0.39, 0.29) is 5.92 Å². The Labute approximate surface area is 59.7 Å². The van der Waals surface area contributed by atoms with Gasteiger partial charge in [0.1, 0.15) is 6.04 Å². The van der Waals surface area contributed by atoms with Gasteiger partial charge in [0.05, 0.1) is 0 Å². The Balaban J connectivity index is 2.58. The molecular weight excluding hydrogens is 130 g/mol. The van der Waals surface area contributed by atoms with Crippen LogP contribution in [0.1, 0.15) is 6.42 Å². The van der Waals surface area contributed by atoms with Crippen LogP contribution in [0.25, 0.3) is 0 Å². The Kier molecular flexibility index (Phi) is 2.06. The van der Waals surface area contributed by atoms with Gasteiger partial charge in [-0.1, -0.05) is 6.08 Å². The quantitative estimate of drug-likeness (QED) is 0.541. The Morgan fingerprint density at radius 1 is 1.80 bits per heavy atom. The van der Waals surface area contributed by atoms with Gasteiger partial charge in [0.2, 0.25) is 0 Å². The van der Waals surface area contributed by atoms with Crippen molar-refractivity contribution in [3.05, 3.63) is 12.7 Å². The molecule has 0 aromatic rings. The Bertz CT molecular complexity index is 156. The van der Waals surface area contributed by atoms with Gasteiger partial charge >= 0.3 is 5.97 Å². The average Bonchev–Trinajstić information content (AvgIpc) is 2.33. The molecule has 0 spiro atoms. The van der Waals surface area contributed by atoms with Crippen molar-refractivity contribution in [1.29, 1.82) is 0 Å². The zero-order valence-electron chi connectivity index (χ0n) is 5.71. The third kappa shape index (κ3) is 1.19. The number of aliphatic carboxylic acids is 1. The largest absolute Gasteiger partial charge is 0.480 e. The van der Waals surface area contributed by atoms with Crippen LogP contribution in [0.2, 0.25) is 0 Å². The molecule has 2 N–H and O–H groups in total. The van der Waals surface area contributed by atoms with Crippen LogP contribution in [-0.4, -0.2) is 23.7 Å². The van der Waals surface area contributed by atoms with Crippen LogP contribution >= 0.6 is 0 Å². The molecule has 3 nitrogen and oxygen atoms in total. The van der Waals surface area contributed by atoms with Gasteiger partial charge in [-0.2, -0.15) is 0 Å². The third-order valence-corrected chi connectivity index (χ3v) is 1.84. The molecule has 1 aliphatic heterocycles. The minimum Gasteiger partial charge on any atom is -0.480 e. The number of nitrogens with one attached hydrogen (secondary N) is 1. The summed E-state index contributed by atoms with van der Waals surface area (Å²) in [7, 11) is 0. The van der Waals surface area contributed by atoms with Crippen molar-refractivity contribution in [2.45, 2.75) is 12.5 Å². The summed E-state index contributed by atoms with van der Waals surface area (Å²) in [6, 6.07) is -0.405. The summed E-state index contributed by atoms with van der Waals surface area (Å²) in [6.07, 6.45) is 2.60. The van der Waals surface area contributed by atoms with Gasteiger partial charge in [0, 0.05) is 5.92 Å². The van der Waals surface area contributed by atoms with E-state index in [1.165, 1.54) is 0 Å². The van der Waals surface area contributed by atoms with Crippen molar-refractivity contribution in [1.82, 2.24) is 5.32 Å². The predicted octanol–water partition coefficient (Wildman–Crippen LogP) is 0.235. The van der Waals surface area contributed by atoms with E-state index in [4.69, 9.17) is 5.11 Å². The number of hydrogen-bond acceptors (Lipinski definition) is 2. The van der Waals surface area contributed by atoms with E-state index >= 15 is 0 Å². The highest BCUT2D eigenvalue weighted by molar-refractivity contribution is 5.74. The van der Waals surface area contributed by atoms with Crippen LogP contribution in [0.3, 0.4) is 0 Å². The van der Waals surface area contributed by atoms with E-state index in [2.05, 4.69) is 11.9 Å². The summed E-state index contributed by atoms with van der Waals surface area (Å²) >= 11 is 0. The SMILES string of the molecule is C=CC1CCN[C@@H]1C(=O)O. The van der Waals surface area contributed by atoms with Gasteiger partial charge < -0.3 is 10.4 Å². The first-order valence-electron chi connectivity index (χ1n) is 3.34. The number of carbonyl (C=O) groups is 1. The minimum absolute atomic E-state index is 0.109. The second kappa shape index (κ2) is 2.84. The maximum Gasteiger partial charge on any atom is 0.321 e. The number of rotatable bonds is 2. The highest BCUT2D eigenvalue weighted by atomic mass is 16.4. The Hall–Kier alpha value is -0.830. The molecule has 0 bridgehead atoms. The first kappa shape index (κ1) is 7.28. The van der Waals surface area contributed by atoms with Crippen LogP contribution in [0.4, 0.5) is 0 Å². The third-order valence-electron chi connectivity index (χ3n) is 1.84. The van der Waals surface area contributed by atoms with Gasteiger partial charge in [-0.15, -0.1) is 6.58 Å². The van der Waals surface area contributed by atoms with Crippen molar-refractivity contribution in [2.75, 3.05) is 6.54 Å². The van der Waals surface area contributed by atoms with Crippen LogP contribution in [0.5, 0.6) is 0 Å². The highest BCUT2D eigenvalue weighted by Gasteiger charge is 2.29. The van der Waals surface area contributed by atoms with Crippen molar-refractivity contribution in [2.24, 2.45) is 5.92 Å². The Morgan fingerprint density at radius 3 is 2.90 bits per heavy atom. The van der Waals surface area contributed by atoms with Crippen molar-refractivity contribution in [3.8, 4) is 0 Å². The molecule has 0 aromatic carbocycles. The molecule has 1 rings (SSSR count). The van der Waals surface area contributed by atoms with E-state index in [0.29, 0.717) is 0 Å². The molecule has 0 radical (unpaired) electrons. The van der Waals surface area contributed by atoms with Gasteiger partial charge in [-0.05, 0) is 13.0 Å². The van der Waals surface area contributed by atoms with Gasteiger partial charge in [0.15, 0.2) is 0 Å². The van der Waals surface area contributed by atoms with Gasteiger partial charge in [-0.3, -0.25) is 4.79 Å². The van der Waals surface area contributed by atoms with Crippen LogP contribution in [-0.2, 0) is 4.79 Å². The average molecular weight is 141 g/mol. The molecule has 0 aromatic heterocycles. The highest BCUT2D eigenvalue weighted by Crippen LogP contribution is 2.15. The normalized spacial score (nSPS) is 32.0. The first-order chi connectivity index (χ1) is 4.75. The molecule has 1 aliphatic rings. The molecular formula is C7H11NO2. The summed E-state index contributed by atoms with van der Waals surface area (Å²) in [5.74, 6) is -0.667. The monoisotopic (exact) mass is 141 g/mol. The zero-order valence-corrected chi connectivity index (χ0v) is 5.71. The number of hydrogen-bond donors (Lipinski definition) is 2.